The number of carbonyl (C=O) groups is 1. The van der Waals surface area contributed by atoms with Crippen LogP contribution in [0.15, 0.2) is 73.6 Å². The van der Waals surface area contributed by atoms with Crippen molar-refractivity contribution in [3.63, 3.8) is 0 Å². The third-order valence-electron chi connectivity index (χ3n) is 5.51. The number of anilines is 2. The number of aryl methyl sites for hydroxylation is 6. The zero-order valence-electron chi connectivity index (χ0n) is 22.4. The van der Waals surface area contributed by atoms with Crippen molar-refractivity contribution < 1.29 is 9.53 Å². The van der Waals surface area contributed by atoms with Gasteiger partial charge in [0.05, 0.1) is 24.0 Å². The highest BCUT2D eigenvalue weighted by molar-refractivity contribution is 5.85. The van der Waals surface area contributed by atoms with Crippen molar-refractivity contribution in [2.45, 2.75) is 66.2 Å². The first-order valence-corrected chi connectivity index (χ1v) is 12.5. The van der Waals surface area contributed by atoms with E-state index in [1.165, 1.54) is 5.56 Å². The fourth-order valence-electron chi connectivity index (χ4n) is 3.72. The van der Waals surface area contributed by atoms with Crippen molar-refractivity contribution in [1.29, 1.82) is 0 Å². The second kappa shape index (κ2) is 12.8. The largest absolute Gasteiger partial charge is 0.444 e. The maximum Gasteiger partial charge on any atom is 0.412 e. The van der Waals surface area contributed by atoms with Gasteiger partial charge in [-0.25, -0.2) is 14.8 Å². The van der Waals surface area contributed by atoms with Crippen molar-refractivity contribution in [1.82, 2.24) is 19.1 Å². The van der Waals surface area contributed by atoms with E-state index in [0.717, 1.165) is 54.3 Å². The lowest BCUT2D eigenvalue weighted by atomic mass is 10.1. The molecule has 0 aliphatic carbocycles. The predicted molar refractivity (Wildman–Crippen MR) is 148 cm³/mol. The monoisotopic (exact) mass is 502 g/mol. The zero-order chi connectivity index (χ0) is 26.8. The zero-order valence-corrected chi connectivity index (χ0v) is 22.4. The molecule has 4 aromatic rings. The fourth-order valence-corrected chi connectivity index (χ4v) is 3.72. The summed E-state index contributed by atoms with van der Waals surface area (Å²) < 4.78 is 9.42. The second-order valence-corrected chi connectivity index (χ2v) is 9.99. The molecule has 0 aliphatic rings. The highest BCUT2D eigenvalue weighted by atomic mass is 16.6. The second-order valence-electron chi connectivity index (χ2n) is 9.99. The highest BCUT2D eigenvalue weighted by Crippen LogP contribution is 2.18. The van der Waals surface area contributed by atoms with E-state index in [4.69, 9.17) is 10.5 Å². The van der Waals surface area contributed by atoms with Crippen molar-refractivity contribution in [3.8, 4) is 0 Å². The summed E-state index contributed by atoms with van der Waals surface area (Å²) >= 11 is 0. The van der Waals surface area contributed by atoms with Crippen molar-refractivity contribution in [3.05, 3.63) is 96.1 Å². The maximum atomic E-state index is 11.9. The van der Waals surface area contributed by atoms with E-state index in [2.05, 4.69) is 25.9 Å². The van der Waals surface area contributed by atoms with Gasteiger partial charge in [-0.2, -0.15) is 0 Å². The van der Waals surface area contributed by atoms with Crippen LogP contribution in [0, 0.1) is 13.8 Å². The molecule has 2 aromatic carbocycles. The molecule has 0 fully saturated rings. The molecule has 0 radical (unpaired) electrons. The van der Waals surface area contributed by atoms with Gasteiger partial charge in [0.2, 0.25) is 0 Å². The van der Waals surface area contributed by atoms with E-state index in [0.29, 0.717) is 0 Å². The Bertz CT molecular complexity index is 1290. The summed E-state index contributed by atoms with van der Waals surface area (Å²) in [5, 5.41) is 2.82. The number of ether oxygens (including phenoxy) is 1. The lowest BCUT2D eigenvalue weighted by molar-refractivity contribution is 0.0635. The molecule has 0 unspecified atom stereocenters. The van der Waals surface area contributed by atoms with Crippen LogP contribution in [0.5, 0.6) is 0 Å². The molecule has 2 aromatic heterocycles. The quantitative estimate of drug-likeness (QED) is 0.311. The lowest BCUT2D eigenvalue weighted by Gasteiger charge is -2.20. The van der Waals surface area contributed by atoms with E-state index < -0.39 is 11.7 Å². The van der Waals surface area contributed by atoms with Crippen LogP contribution in [0.3, 0.4) is 0 Å². The van der Waals surface area contributed by atoms with Crippen LogP contribution in [0.4, 0.5) is 16.2 Å². The van der Waals surface area contributed by atoms with Crippen LogP contribution in [-0.4, -0.2) is 30.8 Å². The Morgan fingerprint density at radius 3 is 1.89 bits per heavy atom. The van der Waals surface area contributed by atoms with E-state index in [1.807, 2.05) is 107 Å². The highest BCUT2D eigenvalue weighted by Gasteiger charge is 2.17. The molecule has 0 saturated carbocycles. The summed E-state index contributed by atoms with van der Waals surface area (Å²) in [5.74, 6) is 0. The van der Waals surface area contributed by atoms with Gasteiger partial charge in [-0.15, -0.1) is 0 Å². The van der Waals surface area contributed by atoms with Crippen LogP contribution in [0.25, 0.3) is 0 Å². The predicted octanol–water partition coefficient (Wildman–Crippen LogP) is 5.80. The lowest BCUT2D eigenvalue weighted by Crippen LogP contribution is -2.27. The Hall–Kier alpha value is -4.07. The number of benzene rings is 2. The Kier molecular flexibility index (Phi) is 9.49. The number of para-hydroxylation sites is 2. The van der Waals surface area contributed by atoms with Crippen LogP contribution in [0.1, 0.15) is 43.3 Å². The number of carbonyl (C=O) groups excluding carboxylic acids is 1. The summed E-state index contributed by atoms with van der Waals surface area (Å²) in [7, 11) is 0. The molecule has 0 atom stereocenters. The normalized spacial score (nSPS) is 10.9. The number of nitrogens with zero attached hydrogens (tertiary/aromatic N) is 4. The molecule has 0 spiro atoms. The Balaban J connectivity index is 0.000000220. The van der Waals surface area contributed by atoms with E-state index >= 15 is 0 Å². The van der Waals surface area contributed by atoms with Crippen LogP contribution < -0.4 is 11.1 Å². The standard InChI is InChI=1S/C17H23N3O2.C12H15N3/c1-13-11-20(12-18-13)10-9-14-7-5-6-8-15(14)19-16(21)22-17(2,3)4;1-10-8-15(9-14-10)7-6-11-4-2-3-5-12(11)13/h5-8,11-12H,9-10H2,1-4H3,(H,19,21);2-5,8-9H,6-7,13H2,1H3. The minimum atomic E-state index is -0.507. The number of rotatable bonds is 7. The number of aromatic nitrogens is 4. The molecule has 8 heteroatoms. The molecule has 2 heterocycles. The number of imidazole rings is 2. The van der Waals surface area contributed by atoms with Crippen LogP contribution in [0.2, 0.25) is 0 Å². The van der Waals surface area contributed by atoms with Crippen molar-refractivity contribution in [2.75, 3.05) is 11.1 Å². The molecule has 37 heavy (non-hydrogen) atoms. The average Bonchev–Trinajstić information content (AvgIpc) is 3.44. The van der Waals surface area contributed by atoms with Crippen LogP contribution in [-0.2, 0) is 30.7 Å². The van der Waals surface area contributed by atoms with Gasteiger partial charge in [0.25, 0.3) is 0 Å². The number of hydrogen-bond acceptors (Lipinski definition) is 5. The first-order valence-electron chi connectivity index (χ1n) is 12.5. The Morgan fingerprint density at radius 2 is 1.38 bits per heavy atom. The molecule has 4 rings (SSSR count). The average molecular weight is 503 g/mol. The third kappa shape index (κ3) is 9.48. The number of nitrogens with two attached hydrogens (primary N) is 1. The molecule has 0 saturated heterocycles. The van der Waals surface area contributed by atoms with E-state index in [1.54, 1.807) is 0 Å². The molecule has 8 nitrogen and oxygen atoms in total. The fraction of sp³-hybridized carbons (Fsp3) is 0.345. The number of amides is 1. The van der Waals surface area contributed by atoms with Gasteiger partial charge in [-0.3, -0.25) is 5.32 Å². The van der Waals surface area contributed by atoms with Gasteiger partial charge in [0, 0.05) is 36.9 Å². The van der Waals surface area contributed by atoms with E-state index in [9.17, 15) is 4.79 Å². The van der Waals surface area contributed by atoms with Crippen molar-refractivity contribution >= 4 is 17.5 Å². The van der Waals surface area contributed by atoms with E-state index in [-0.39, 0.29) is 0 Å². The van der Waals surface area contributed by atoms with Gasteiger partial charge in [-0.1, -0.05) is 36.4 Å². The summed E-state index contributed by atoms with van der Waals surface area (Å²) in [6, 6.07) is 15.7. The first kappa shape index (κ1) is 27.5. The van der Waals surface area contributed by atoms with Gasteiger partial charge in [0.15, 0.2) is 0 Å². The Labute approximate surface area is 219 Å². The topological polar surface area (TPSA) is 100.0 Å². The molecular formula is C29H38N6O2. The third-order valence-corrected chi connectivity index (χ3v) is 5.51. The first-order chi connectivity index (χ1) is 17.6. The summed E-state index contributed by atoms with van der Waals surface area (Å²) in [6.45, 7) is 11.2. The summed E-state index contributed by atoms with van der Waals surface area (Å²) in [5.41, 5.74) is 11.3. The molecule has 0 bridgehead atoms. The van der Waals surface area contributed by atoms with Crippen LogP contribution >= 0.6 is 0 Å². The van der Waals surface area contributed by atoms with Gasteiger partial charge >= 0.3 is 6.09 Å². The van der Waals surface area contributed by atoms with Gasteiger partial charge in [0.1, 0.15) is 5.60 Å². The minimum Gasteiger partial charge on any atom is -0.444 e. The summed E-state index contributed by atoms with van der Waals surface area (Å²) in [4.78, 5) is 20.3. The summed E-state index contributed by atoms with van der Waals surface area (Å²) in [6.07, 6.45) is 9.04. The SMILES string of the molecule is Cc1cn(CCc2ccccc2N)cn1.Cc1cn(CCc2ccccc2NC(=O)OC(C)(C)C)cn1. The number of nitrogen functional groups attached to an aromatic ring is 1. The van der Waals surface area contributed by atoms with Gasteiger partial charge < -0.3 is 19.6 Å². The molecule has 3 N–H and O–H groups in total. The number of nitrogens with one attached hydrogen (secondary N) is 1. The van der Waals surface area contributed by atoms with Crippen molar-refractivity contribution in [2.24, 2.45) is 0 Å². The molecule has 0 aliphatic heterocycles. The molecular weight excluding hydrogens is 464 g/mol. The Morgan fingerprint density at radius 1 is 0.865 bits per heavy atom. The maximum absolute atomic E-state index is 11.9. The van der Waals surface area contributed by atoms with Gasteiger partial charge in [-0.05, 0) is 70.7 Å². The molecule has 1 amide bonds. The smallest absolute Gasteiger partial charge is 0.412 e. The molecule has 196 valence electrons. The number of hydrogen-bond donors (Lipinski definition) is 2. The minimum absolute atomic E-state index is 0.432.